The monoisotopic (exact) mass is 459 g/mol. The molecular formula is C27H25NO4S. The van der Waals surface area contributed by atoms with Gasteiger partial charge in [0.15, 0.2) is 21.4 Å². The van der Waals surface area contributed by atoms with Crippen molar-refractivity contribution in [2.24, 2.45) is 11.8 Å². The molecule has 6 heteroatoms. The lowest BCUT2D eigenvalue weighted by Gasteiger charge is -2.33. The number of sulfone groups is 1. The molecule has 0 bridgehead atoms. The molecule has 4 rings (SSSR count). The van der Waals surface area contributed by atoms with Crippen LogP contribution >= 0.6 is 0 Å². The van der Waals surface area contributed by atoms with Crippen LogP contribution in [0.1, 0.15) is 18.9 Å². The molecule has 0 heterocycles. The van der Waals surface area contributed by atoms with Gasteiger partial charge in [0, 0.05) is 12.0 Å². The molecule has 2 atom stereocenters. The molecule has 0 radical (unpaired) electrons. The minimum atomic E-state index is -3.68. The zero-order valence-corrected chi connectivity index (χ0v) is 19.1. The Bertz CT molecular complexity index is 1290. The van der Waals surface area contributed by atoms with E-state index in [1.165, 1.54) is 18.2 Å². The number of benzene rings is 2. The van der Waals surface area contributed by atoms with Crippen molar-refractivity contribution in [3.05, 3.63) is 107 Å². The summed E-state index contributed by atoms with van der Waals surface area (Å²) in [7, 11) is -3.68. The standard InChI is InChI=1S/C27H25NO4S/c1-2-17-28-25-24(19-10-5-3-6-11-19)27(30)23-20(12-9-15-22(23)26(25)29)16-18-33(31,32)21-13-7-4-8-14-21/h3-16,18,22-23,28H,2,17H2,1H3/b18-16+. The highest BCUT2D eigenvalue weighted by molar-refractivity contribution is 7.94. The van der Waals surface area contributed by atoms with E-state index in [2.05, 4.69) is 5.32 Å². The molecule has 0 amide bonds. The number of hydrogen-bond donors (Lipinski definition) is 1. The molecule has 2 aromatic rings. The van der Waals surface area contributed by atoms with Crippen LogP contribution in [0, 0.1) is 11.8 Å². The maximum Gasteiger partial charge on any atom is 0.199 e. The quantitative estimate of drug-likeness (QED) is 0.669. The van der Waals surface area contributed by atoms with E-state index in [1.807, 2.05) is 37.3 Å². The van der Waals surface area contributed by atoms with E-state index in [9.17, 15) is 18.0 Å². The lowest BCUT2D eigenvalue weighted by Crippen LogP contribution is -2.42. The Labute approximate surface area is 194 Å². The molecule has 2 aliphatic carbocycles. The van der Waals surface area contributed by atoms with Gasteiger partial charge in [0.05, 0.1) is 28.0 Å². The Kier molecular flexibility index (Phi) is 6.56. The van der Waals surface area contributed by atoms with Crippen molar-refractivity contribution in [1.29, 1.82) is 0 Å². The minimum absolute atomic E-state index is 0.159. The van der Waals surface area contributed by atoms with Crippen LogP contribution in [-0.2, 0) is 19.4 Å². The number of Topliss-reactive ketones (excluding diaryl/α,β-unsaturated/α-hetero) is 2. The largest absolute Gasteiger partial charge is 0.382 e. The molecule has 168 valence electrons. The molecule has 0 aromatic heterocycles. The van der Waals surface area contributed by atoms with Gasteiger partial charge in [-0.3, -0.25) is 9.59 Å². The third-order valence-electron chi connectivity index (χ3n) is 5.78. The van der Waals surface area contributed by atoms with Crippen LogP contribution in [0.4, 0.5) is 0 Å². The molecule has 0 saturated carbocycles. The summed E-state index contributed by atoms with van der Waals surface area (Å²) in [6.45, 7) is 2.57. The van der Waals surface area contributed by atoms with Crippen molar-refractivity contribution in [3.8, 4) is 0 Å². The topological polar surface area (TPSA) is 80.3 Å². The summed E-state index contributed by atoms with van der Waals surface area (Å²) in [5.41, 5.74) is 1.86. The fourth-order valence-corrected chi connectivity index (χ4v) is 5.19. The smallest absolute Gasteiger partial charge is 0.199 e. The normalized spacial score (nSPS) is 20.7. The highest BCUT2D eigenvalue weighted by atomic mass is 32.2. The summed E-state index contributed by atoms with van der Waals surface area (Å²) >= 11 is 0. The van der Waals surface area contributed by atoms with E-state index < -0.39 is 21.7 Å². The van der Waals surface area contributed by atoms with E-state index in [4.69, 9.17) is 0 Å². The highest BCUT2D eigenvalue weighted by Gasteiger charge is 2.44. The minimum Gasteiger partial charge on any atom is -0.382 e. The lowest BCUT2D eigenvalue weighted by molar-refractivity contribution is -0.126. The Morgan fingerprint density at radius 1 is 0.939 bits per heavy atom. The van der Waals surface area contributed by atoms with Gasteiger partial charge in [-0.1, -0.05) is 73.7 Å². The molecule has 0 aliphatic heterocycles. The number of allylic oxidation sites excluding steroid dienone is 7. The molecule has 0 fully saturated rings. The lowest BCUT2D eigenvalue weighted by atomic mass is 9.69. The molecule has 5 nitrogen and oxygen atoms in total. The number of ketones is 2. The van der Waals surface area contributed by atoms with Crippen LogP contribution < -0.4 is 5.32 Å². The van der Waals surface area contributed by atoms with Crippen LogP contribution in [0.15, 0.2) is 107 Å². The summed E-state index contributed by atoms with van der Waals surface area (Å²) in [6, 6.07) is 17.2. The van der Waals surface area contributed by atoms with Crippen molar-refractivity contribution < 1.29 is 18.0 Å². The second-order valence-corrected chi connectivity index (χ2v) is 9.82. The first-order valence-electron chi connectivity index (χ1n) is 10.9. The first kappa shape index (κ1) is 22.7. The number of carbonyl (C=O) groups is 2. The van der Waals surface area contributed by atoms with Gasteiger partial charge < -0.3 is 5.32 Å². The summed E-state index contributed by atoms with van der Waals surface area (Å²) in [5, 5.41) is 4.28. The van der Waals surface area contributed by atoms with Crippen LogP contribution in [0.25, 0.3) is 5.57 Å². The third kappa shape index (κ3) is 4.52. The van der Waals surface area contributed by atoms with Crippen LogP contribution in [0.2, 0.25) is 0 Å². The first-order valence-corrected chi connectivity index (χ1v) is 12.5. The van der Waals surface area contributed by atoms with Crippen LogP contribution in [-0.4, -0.2) is 26.5 Å². The zero-order valence-electron chi connectivity index (χ0n) is 18.3. The van der Waals surface area contributed by atoms with E-state index >= 15 is 0 Å². The van der Waals surface area contributed by atoms with Crippen LogP contribution in [0.5, 0.6) is 0 Å². The van der Waals surface area contributed by atoms with Crippen LogP contribution in [0.3, 0.4) is 0 Å². The predicted octanol–water partition coefficient (Wildman–Crippen LogP) is 4.27. The molecule has 2 aliphatic rings. The van der Waals surface area contributed by atoms with Gasteiger partial charge >= 0.3 is 0 Å². The van der Waals surface area contributed by atoms with Gasteiger partial charge in [0.1, 0.15) is 0 Å². The maximum atomic E-state index is 13.8. The van der Waals surface area contributed by atoms with Gasteiger partial charge in [0.25, 0.3) is 0 Å². The molecule has 0 spiro atoms. The summed E-state index contributed by atoms with van der Waals surface area (Å²) in [5.74, 6) is -1.80. The third-order valence-corrected chi connectivity index (χ3v) is 7.20. The Morgan fingerprint density at radius 2 is 1.61 bits per heavy atom. The second-order valence-electron chi connectivity index (χ2n) is 7.99. The Hall–Kier alpha value is -3.51. The number of hydrogen-bond acceptors (Lipinski definition) is 5. The Morgan fingerprint density at radius 3 is 2.27 bits per heavy atom. The fourth-order valence-electron chi connectivity index (χ4n) is 4.16. The van der Waals surface area contributed by atoms with Crippen molar-refractivity contribution >= 4 is 27.0 Å². The maximum absolute atomic E-state index is 13.8. The van der Waals surface area contributed by atoms with E-state index in [0.29, 0.717) is 29.0 Å². The number of rotatable bonds is 7. The Balaban J connectivity index is 1.75. The molecule has 1 N–H and O–H groups in total. The number of fused-ring (bicyclic) bond motifs is 1. The summed E-state index contributed by atoms with van der Waals surface area (Å²) in [4.78, 5) is 27.4. The van der Waals surface area contributed by atoms with Gasteiger partial charge in [-0.25, -0.2) is 8.42 Å². The first-order chi connectivity index (χ1) is 15.9. The fraction of sp³-hybridized carbons (Fsp3) is 0.185. The van der Waals surface area contributed by atoms with Gasteiger partial charge in [-0.15, -0.1) is 0 Å². The van der Waals surface area contributed by atoms with Crippen molar-refractivity contribution in [2.75, 3.05) is 6.54 Å². The second kappa shape index (κ2) is 9.55. The molecule has 0 saturated heterocycles. The van der Waals surface area contributed by atoms with Gasteiger partial charge in [-0.2, -0.15) is 0 Å². The highest BCUT2D eigenvalue weighted by Crippen LogP contribution is 2.40. The molecule has 33 heavy (non-hydrogen) atoms. The van der Waals surface area contributed by atoms with E-state index in [0.717, 1.165) is 11.8 Å². The molecule has 2 aromatic carbocycles. The van der Waals surface area contributed by atoms with E-state index in [-0.39, 0.29) is 16.5 Å². The van der Waals surface area contributed by atoms with Gasteiger partial charge in [0.2, 0.25) is 0 Å². The summed E-state index contributed by atoms with van der Waals surface area (Å²) in [6.07, 6.45) is 7.40. The average molecular weight is 460 g/mol. The number of carbonyl (C=O) groups excluding carboxylic acids is 2. The number of nitrogens with one attached hydrogen (secondary N) is 1. The van der Waals surface area contributed by atoms with Crippen molar-refractivity contribution in [3.63, 3.8) is 0 Å². The molecule has 2 unspecified atom stereocenters. The SMILES string of the molecule is CCCNC1=C(c2ccccc2)C(=O)C2C(/C=C/S(=O)(=O)c3ccccc3)=CC=CC2C1=O. The van der Waals surface area contributed by atoms with Gasteiger partial charge in [-0.05, 0) is 35.8 Å². The predicted molar refractivity (Wildman–Crippen MR) is 129 cm³/mol. The van der Waals surface area contributed by atoms with Crippen molar-refractivity contribution in [1.82, 2.24) is 5.32 Å². The van der Waals surface area contributed by atoms with Crippen molar-refractivity contribution in [2.45, 2.75) is 18.2 Å². The molecular weight excluding hydrogens is 434 g/mol. The van der Waals surface area contributed by atoms with E-state index in [1.54, 1.807) is 36.4 Å². The average Bonchev–Trinajstić information content (AvgIpc) is 2.85. The zero-order chi connectivity index (χ0) is 23.4. The summed E-state index contributed by atoms with van der Waals surface area (Å²) < 4.78 is 25.5.